The molecule has 0 radical (unpaired) electrons. The fourth-order valence-corrected chi connectivity index (χ4v) is 3.37. The molecule has 2 aromatic heterocycles. The number of hydroxylamine groups is 1. The van der Waals surface area contributed by atoms with Crippen LogP contribution in [0.4, 0.5) is 9.93 Å². The van der Waals surface area contributed by atoms with E-state index in [0.29, 0.717) is 17.1 Å². The average molecular weight is 399 g/mol. The number of amides is 3. The van der Waals surface area contributed by atoms with E-state index in [-0.39, 0.29) is 37.0 Å². The quantitative estimate of drug-likeness (QED) is 0.282. The molecule has 0 aliphatic heterocycles. The molecule has 0 saturated carbocycles. The first-order valence-electron chi connectivity index (χ1n) is 7.52. The zero-order valence-corrected chi connectivity index (χ0v) is 15.2. The fraction of sp³-hybridized carbons (Fsp3) is 0.357. The summed E-state index contributed by atoms with van der Waals surface area (Å²) in [6.07, 6.45) is 0.950. The monoisotopic (exact) mass is 399 g/mol. The van der Waals surface area contributed by atoms with E-state index in [0.717, 1.165) is 16.2 Å². The summed E-state index contributed by atoms with van der Waals surface area (Å²) >= 11 is 2.48. The van der Waals surface area contributed by atoms with E-state index in [4.69, 9.17) is 5.21 Å². The SMILES string of the molecule is O=C(CCCNC(=O)Cc1csc(N(Cc2nccs2)C(=O)O)n1)NO. The van der Waals surface area contributed by atoms with Gasteiger partial charge >= 0.3 is 6.09 Å². The second-order valence-corrected chi connectivity index (χ2v) is 6.90. The summed E-state index contributed by atoms with van der Waals surface area (Å²) in [6, 6.07) is 0. The summed E-state index contributed by atoms with van der Waals surface area (Å²) in [7, 11) is 0. The minimum atomic E-state index is -1.15. The third-order valence-corrected chi connectivity index (χ3v) is 4.82. The van der Waals surface area contributed by atoms with E-state index in [9.17, 15) is 19.5 Å². The largest absolute Gasteiger partial charge is 0.465 e. The summed E-state index contributed by atoms with van der Waals surface area (Å²) in [4.78, 5) is 43.5. The van der Waals surface area contributed by atoms with Crippen LogP contribution in [0.15, 0.2) is 17.0 Å². The van der Waals surface area contributed by atoms with Crippen molar-refractivity contribution >= 4 is 45.7 Å². The minimum Gasteiger partial charge on any atom is -0.465 e. The third-order valence-electron chi connectivity index (χ3n) is 3.15. The zero-order chi connectivity index (χ0) is 18.9. The van der Waals surface area contributed by atoms with Gasteiger partial charge in [-0.2, -0.15) is 0 Å². The topological polar surface area (TPSA) is 145 Å². The number of hydrogen-bond donors (Lipinski definition) is 4. The molecule has 2 rings (SSSR count). The Kier molecular flexibility index (Phi) is 7.44. The van der Waals surface area contributed by atoms with Crippen LogP contribution in [0.2, 0.25) is 0 Å². The van der Waals surface area contributed by atoms with Crippen LogP contribution in [0, 0.1) is 0 Å². The highest BCUT2D eigenvalue weighted by Gasteiger charge is 2.20. The highest BCUT2D eigenvalue weighted by molar-refractivity contribution is 7.14. The second-order valence-electron chi connectivity index (χ2n) is 5.08. The van der Waals surface area contributed by atoms with Crippen LogP contribution in [0.25, 0.3) is 0 Å². The van der Waals surface area contributed by atoms with E-state index >= 15 is 0 Å². The van der Waals surface area contributed by atoms with Gasteiger partial charge in [0.15, 0.2) is 5.13 Å². The summed E-state index contributed by atoms with van der Waals surface area (Å²) in [5.74, 6) is -0.801. The molecule has 0 bridgehead atoms. The maximum absolute atomic E-state index is 11.9. The molecule has 0 saturated heterocycles. The molecule has 2 heterocycles. The van der Waals surface area contributed by atoms with E-state index in [1.165, 1.54) is 16.8 Å². The van der Waals surface area contributed by atoms with Crippen LogP contribution in [-0.2, 0) is 22.6 Å². The molecule has 0 aromatic carbocycles. The molecule has 0 unspecified atom stereocenters. The van der Waals surface area contributed by atoms with Gasteiger partial charge in [-0.3, -0.25) is 14.8 Å². The van der Waals surface area contributed by atoms with E-state index < -0.39 is 12.0 Å². The predicted octanol–water partition coefficient (Wildman–Crippen LogP) is 1.23. The van der Waals surface area contributed by atoms with E-state index in [1.54, 1.807) is 17.0 Å². The Labute approximate surface area is 156 Å². The Morgan fingerprint density at radius 1 is 1.23 bits per heavy atom. The Hall–Kier alpha value is -2.57. The molecule has 26 heavy (non-hydrogen) atoms. The fourth-order valence-electron chi connectivity index (χ4n) is 1.94. The molecule has 3 amide bonds. The number of rotatable bonds is 9. The highest BCUT2D eigenvalue weighted by Crippen LogP contribution is 2.23. The van der Waals surface area contributed by atoms with E-state index in [2.05, 4.69) is 15.3 Å². The average Bonchev–Trinajstić information content (AvgIpc) is 3.27. The van der Waals surface area contributed by atoms with Crippen LogP contribution >= 0.6 is 22.7 Å². The molecule has 0 fully saturated rings. The van der Waals surface area contributed by atoms with Crippen molar-refractivity contribution in [3.63, 3.8) is 0 Å². The number of anilines is 1. The van der Waals surface area contributed by atoms with Gasteiger partial charge in [0.2, 0.25) is 11.8 Å². The number of aromatic nitrogens is 2. The molecule has 12 heteroatoms. The lowest BCUT2D eigenvalue weighted by Gasteiger charge is -2.13. The van der Waals surface area contributed by atoms with Gasteiger partial charge in [0, 0.05) is 29.9 Å². The molecular formula is C14H17N5O5S2. The summed E-state index contributed by atoms with van der Waals surface area (Å²) < 4.78 is 0. The van der Waals surface area contributed by atoms with Gasteiger partial charge in [0.25, 0.3) is 0 Å². The van der Waals surface area contributed by atoms with Crippen LogP contribution < -0.4 is 15.7 Å². The molecule has 4 N–H and O–H groups in total. The number of nitrogens with one attached hydrogen (secondary N) is 2. The predicted molar refractivity (Wildman–Crippen MR) is 94.3 cm³/mol. The van der Waals surface area contributed by atoms with Crippen molar-refractivity contribution in [3.05, 3.63) is 27.7 Å². The number of carbonyl (C=O) groups excluding carboxylic acids is 2. The molecule has 0 spiro atoms. The van der Waals surface area contributed by atoms with Gasteiger partial charge in [-0.05, 0) is 6.42 Å². The summed E-state index contributed by atoms with van der Waals surface area (Å²) in [5, 5.41) is 24.7. The molecular weight excluding hydrogens is 382 g/mol. The number of carboxylic acid groups (broad SMARTS) is 1. The first kappa shape index (κ1) is 19.8. The van der Waals surface area contributed by atoms with Gasteiger partial charge in [0.1, 0.15) is 5.01 Å². The lowest BCUT2D eigenvalue weighted by Crippen LogP contribution is -2.29. The first-order chi connectivity index (χ1) is 12.5. The van der Waals surface area contributed by atoms with Crippen molar-refractivity contribution in [1.29, 1.82) is 0 Å². The summed E-state index contributed by atoms with van der Waals surface area (Å²) in [6.45, 7) is 0.383. The van der Waals surface area contributed by atoms with Gasteiger partial charge in [-0.25, -0.2) is 25.1 Å². The van der Waals surface area contributed by atoms with E-state index in [1.807, 2.05) is 0 Å². The van der Waals surface area contributed by atoms with Crippen LogP contribution in [0.1, 0.15) is 23.5 Å². The number of hydrogen-bond acceptors (Lipinski definition) is 8. The molecule has 10 nitrogen and oxygen atoms in total. The van der Waals surface area contributed by atoms with Gasteiger partial charge < -0.3 is 10.4 Å². The van der Waals surface area contributed by atoms with Crippen LogP contribution in [-0.4, -0.2) is 44.7 Å². The van der Waals surface area contributed by atoms with Crippen molar-refractivity contribution < 1.29 is 24.7 Å². The van der Waals surface area contributed by atoms with Crippen molar-refractivity contribution in [2.45, 2.75) is 25.8 Å². The van der Waals surface area contributed by atoms with Crippen molar-refractivity contribution in [2.75, 3.05) is 11.4 Å². The third kappa shape index (κ3) is 6.06. The van der Waals surface area contributed by atoms with Crippen molar-refractivity contribution in [2.24, 2.45) is 0 Å². The smallest absolute Gasteiger partial charge is 0.414 e. The normalized spacial score (nSPS) is 10.3. The Balaban J connectivity index is 1.86. The van der Waals surface area contributed by atoms with Gasteiger partial charge in [-0.1, -0.05) is 0 Å². The number of carbonyl (C=O) groups is 3. The summed E-state index contributed by atoms with van der Waals surface area (Å²) in [5.41, 5.74) is 1.97. The van der Waals surface area contributed by atoms with Crippen LogP contribution in [0.5, 0.6) is 0 Å². The molecule has 140 valence electrons. The lowest BCUT2D eigenvalue weighted by molar-refractivity contribution is -0.129. The maximum Gasteiger partial charge on any atom is 0.414 e. The molecule has 0 aliphatic carbocycles. The van der Waals surface area contributed by atoms with Gasteiger partial charge in [0.05, 0.1) is 18.7 Å². The number of nitrogens with zero attached hydrogens (tertiary/aromatic N) is 3. The zero-order valence-electron chi connectivity index (χ0n) is 13.5. The van der Waals surface area contributed by atoms with Crippen LogP contribution in [0.3, 0.4) is 0 Å². The lowest BCUT2D eigenvalue weighted by atomic mass is 10.3. The highest BCUT2D eigenvalue weighted by atomic mass is 32.1. The second kappa shape index (κ2) is 9.79. The number of thiazole rings is 2. The maximum atomic E-state index is 11.9. The van der Waals surface area contributed by atoms with Gasteiger partial charge in [-0.15, -0.1) is 22.7 Å². The van der Waals surface area contributed by atoms with Crippen molar-refractivity contribution in [3.8, 4) is 0 Å². The molecule has 0 aliphatic rings. The Morgan fingerprint density at radius 3 is 2.69 bits per heavy atom. The molecule has 2 aromatic rings. The first-order valence-corrected chi connectivity index (χ1v) is 9.28. The Morgan fingerprint density at radius 2 is 2.04 bits per heavy atom. The van der Waals surface area contributed by atoms with Crippen molar-refractivity contribution in [1.82, 2.24) is 20.8 Å². The Bertz CT molecular complexity index is 749. The molecule has 0 atom stereocenters. The standard InChI is InChI=1S/C14H17N5O5S2/c20-10(18-24)2-1-3-15-11(21)6-9-8-26-13(17-9)19(14(22)23)7-12-16-4-5-25-12/h4-5,8,24H,1-3,6-7H2,(H,15,21)(H,18,20)(H,22,23). The minimum absolute atomic E-state index is 0.00735.